The third-order valence-corrected chi connectivity index (χ3v) is 3.82. The zero-order chi connectivity index (χ0) is 15.4. The molecule has 0 unspecified atom stereocenters. The van der Waals surface area contributed by atoms with Crippen LogP contribution in [0.2, 0.25) is 0 Å². The molecule has 2 aromatic rings. The fraction of sp³-hybridized carbons (Fsp3) is 0.154. The summed E-state index contributed by atoms with van der Waals surface area (Å²) in [7, 11) is 0. The number of ether oxygens (including phenoxy) is 1. The molecule has 1 aromatic carbocycles. The molecule has 8 heteroatoms. The van der Waals surface area contributed by atoms with Gasteiger partial charge in [-0.25, -0.2) is 9.78 Å². The molecule has 2 rings (SSSR count). The number of carbonyl (C=O) groups is 2. The predicted molar refractivity (Wildman–Crippen MR) is 82.3 cm³/mol. The van der Waals surface area contributed by atoms with Crippen molar-refractivity contribution >= 4 is 44.3 Å². The third-order valence-electron chi connectivity index (χ3n) is 2.44. The van der Waals surface area contributed by atoms with Crippen molar-refractivity contribution in [2.24, 2.45) is 0 Å². The number of hydrogen-bond donors (Lipinski definition) is 2. The number of carboxylic acids is 1. The van der Waals surface area contributed by atoms with Crippen LogP contribution in [0.25, 0.3) is 0 Å². The molecule has 1 heterocycles. The maximum absolute atomic E-state index is 12.1. The molecule has 0 bridgehead atoms. The lowest BCUT2D eigenvalue weighted by atomic mass is 10.2. The quantitative estimate of drug-likeness (QED) is 0.842. The number of hydrogen-bond acceptors (Lipinski definition) is 5. The zero-order valence-electron chi connectivity index (χ0n) is 10.9. The van der Waals surface area contributed by atoms with Gasteiger partial charge in [-0.3, -0.25) is 10.1 Å². The van der Waals surface area contributed by atoms with Gasteiger partial charge >= 0.3 is 5.97 Å². The first-order chi connectivity index (χ1) is 10.0. The van der Waals surface area contributed by atoms with Crippen LogP contribution in [0.1, 0.15) is 27.8 Å². The second-order valence-corrected chi connectivity index (χ2v) is 5.59. The molecule has 1 aromatic heterocycles. The predicted octanol–water partition coefficient (Wildman–Crippen LogP) is 3.25. The summed E-state index contributed by atoms with van der Waals surface area (Å²) in [6, 6.07) is 4.94. The summed E-state index contributed by atoms with van der Waals surface area (Å²) in [5.74, 6) is -0.850. The number of amides is 1. The van der Waals surface area contributed by atoms with Crippen LogP contribution in [0.15, 0.2) is 28.1 Å². The molecule has 0 aliphatic rings. The maximum Gasteiger partial charge on any atom is 0.355 e. The van der Waals surface area contributed by atoms with Crippen molar-refractivity contribution in [3.8, 4) is 5.75 Å². The largest absolute Gasteiger partial charge is 0.493 e. The molecule has 0 fully saturated rings. The SMILES string of the molecule is CCOc1ccc(C(=O)Nc2nc(C(=O)O)cs2)cc1Br. The first-order valence-electron chi connectivity index (χ1n) is 5.93. The van der Waals surface area contributed by atoms with Crippen LogP contribution in [-0.4, -0.2) is 28.6 Å². The minimum absolute atomic E-state index is 0.0943. The topological polar surface area (TPSA) is 88.5 Å². The summed E-state index contributed by atoms with van der Waals surface area (Å²) in [6.45, 7) is 2.40. The maximum atomic E-state index is 12.1. The second kappa shape index (κ2) is 6.68. The smallest absolute Gasteiger partial charge is 0.355 e. The Kier molecular flexibility index (Phi) is 4.92. The Morgan fingerprint density at radius 1 is 1.48 bits per heavy atom. The Bertz CT molecular complexity index is 687. The van der Waals surface area contributed by atoms with E-state index >= 15 is 0 Å². The van der Waals surface area contributed by atoms with E-state index in [0.717, 1.165) is 11.3 Å². The molecule has 0 spiro atoms. The highest BCUT2D eigenvalue weighted by atomic mass is 79.9. The van der Waals surface area contributed by atoms with Crippen LogP contribution in [0, 0.1) is 0 Å². The zero-order valence-corrected chi connectivity index (χ0v) is 13.3. The number of aromatic carboxylic acids is 1. The molecule has 0 saturated heterocycles. The fourth-order valence-electron chi connectivity index (χ4n) is 1.51. The number of anilines is 1. The van der Waals surface area contributed by atoms with E-state index in [2.05, 4.69) is 26.2 Å². The molecular formula is C13H11BrN2O4S. The number of thiazole rings is 1. The van der Waals surface area contributed by atoms with Crippen LogP contribution in [0.5, 0.6) is 5.75 Å². The lowest BCUT2D eigenvalue weighted by molar-refractivity contribution is 0.0691. The minimum atomic E-state index is -1.13. The van der Waals surface area contributed by atoms with Crippen molar-refractivity contribution in [3.63, 3.8) is 0 Å². The van der Waals surface area contributed by atoms with Crippen molar-refractivity contribution < 1.29 is 19.4 Å². The molecule has 2 N–H and O–H groups in total. The number of rotatable bonds is 5. The highest BCUT2D eigenvalue weighted by molar-refractivity contribution is 9.10. The molecule has 0 atom stereocenters. The van der Waals surface area contributed by atoms with Gasteiger partial charge in [0.1, 0.15) is 5.75 Å². The van der Waals surface area contributed by atoms with Gasteiger partial charge in [0, 0.05) is 10.9 Å². The number of carboxylic acid groups (broad SMARTS) is 1. The molecule has 21 heavy (non-hydrogen) atoms. The van der Waals surface area contributed by atoms with E-state index < -0.39 is 5.97 Å². The minimum Gasteiger partial charge on any atom is -0.493 e. The van der Waals surface area contributed by atoms with Crippen LogP contribution in [0.4, 0.5) is 5.13 Å². The van der Waals surface area contributed by atoms with Gasteiger partial charge < -0.3 is 9.84 Å². The van der Waals surface area contributed by atoms with Gasteiger partial charge in [-0.1, -0.05) is 0 Å². The summed E-state index contributed by atoms with van der Waals surface area (Å²) in [4.78, 5) is 26.6. The number of nitrogens with one attached hydrogen (secondary N) is 1. The van der Waals surface area contributed by atoms with Gasteiger partial charge in [-0.15, -0.1) is 11.3 Å². The molecule has 110 valence electrons. The Morgan fingerprint density at radius 3 is 2.81 bits per heavy atom. The van der Waals surface area contributed by atoms with E-state index in [1.165, 1.54) is 5.38 Å². The van der Waals surface area contributed by atoms with Gasteiger partial charge in [-0.05, 0) is 41.1 Å². The standard InChI is InChI=1S/C13H11BrN2O4S/c1-2-20-10-4-3-7(5-8(10)14)11(17)16-13-15-9(6-21-13)12(18)19/h3-6H,2H2,1H3,(H,18,19)(H,15,16,17). The Morgan fingerprint density at radius 2 is 2.24 bits per heavy atom. The van der Waals surface area contributed by atoms with Crippen LogP contribution in [0.3, 0.4) is 0 Å². The van der Waals surface area contributed by atoms with Crippen molar-refractivity contribution in [1.82, 2.24) is 4.98 Å². The van der Waals surface area contributed by atoms with E-state index in [0.29, 0.717) is 22.4 Å². The number of benzene rings is 1. The number of halogens is 1. The van der Waals surface area contributed by atoms with Gasteiger partial charge in [0.25, 0.3) is 5.91 Å². The van der Waals surface area contributed by atoms with Crippen molar-refractivity contribution in [2.75, 3.05) is 11.9 Å². The van der Waals surface area contributed by atoms with Crippen molar-refractivity contribution in [1.29, 1.82) is 0 Å². The van der Waals surface area contributed by atoms with Crippen molar-refractivity contribution in [2.45, 2.75) is 6.92 Å². The summed E-state index contributed by atoms with van der Waals surface area (Å²) >= 11 is 4.39. The Labute approximate surface area is 132 Å². The highest BCUT2D eigenvalue weighted by Crippen LogP contribution is 2.26. The number of nitrogens with zero attached hydrogens (tertiary/aromatic N) is 1. The number of carbonyl (C=O) groups excluding carboxylic acids is 1. The van der Waals surface area contributed by atoms with E-state index in [-0.39, 0.29) is 16.7 Å². The van der Waals surface area contributed by atoms with Crippen LogP contribution < -0.4 is 10.1 Å². The van der Waals surface area contributed by atoms with Gasteiger partial charge in [0.15, 0.2) is 10.8 Å². The van der Waals surface area contributed by atoms with E-state index in [1.54, 1.807) is 18.2 Å². The molecule has 0 aliphatic carbocycles. The first-order valence-corrected chi connectivity index (χ1v) is 7.61. The van der Waals surface area contributed by atoms with E-state index in [1.807, 2.05) is 6.92 Å². The van der Waals surface area contributed by atoms with Gasteiger partial charge in [-0.2, -0.15) is 0 Å². The first kappa shape index (κ1) is 15.5. The summed E-state index contributed by atoms with van der Waals surface area (Å²) < 4.78 is 6.03. The Hall–Kier alpha value is -1.93. The lowest BCUT2D eigenvalue weighted by Crippen LogP contribution is -2.12. The van der Waals surface area contributed by atoms with Crippen molar-refractivity contribution in [3.05, 3.63) is 39.3 Å². The summed E-state index contributed by atoms with van der Waals surface area (Å²) in [5.41, 5.74) is 0.320. The summed E-state index contributed by atoms with van der Waals surface area (Å²) in [6.07, 6.45) is 0. The summed E-state index contributed by atoms with van der Waals surface area (Å²) in [5, 5.41) is 12.9. The van der Waals surface area contributed by atoms with Crippen LogP contribution >= 0.6 is 27.3 Å². The average molecular weight is 371 g/mol. The molecule has 0 saturated carbocycles. The molecule has 6 nitrogen and oxygen atoms in total. The normalized spacial score (nSPS) is 10.2. The molecule has 1 amide bonds. The molecular weight excluding hydrogens is 360 g/mol. The second-order valence-electron chi connectivity index (χ2n) is 3.88. The Balaban J connectivity index is 2.12. The lowest BCUT2D eigenvalue weighted by Gasteiger charge is -2.07. The molecule has 0 radical (unpaired) electrons. The molecule has 0 aliphatic heterocycles. The van der Waals surface area contributed by atoms with Crippen LogP contribution in [-0.2, 0) is 0 Å². The van der Waals surface area contributed by atoms with E-state index in [4.69, 9.17) is 9.84 Å². The third kappa shape index (κ3) is 3.79. The monoisotopic (exact) mass is 370 g/mol. The fourth-order valence-corrected chi connectivity index (χ4v) is 2.69. The average Bonchev–Trinajstić information content (AvgIpc) is 2.90. The van der Waals surface area contributed by atoms with E-state index in [9.17, 15) is 9.59 Å². The number of aromatic nitrogens is 1. The highest BCUT2D eigenvalue weighted by Gasteiger charge is 2.13. The van der Waals surface area contributed by atoms with Gasteiger partial charge in [0.05, 0.1) is 11.1 Å². The van der Waals surface area contributed by atoms with Gasteiger partial charge in [0.2, 0.25) is 0 Å².